The zero-order chi connectivity index (χ0) is 15.5. The minimum atomic E-state index is -0.111. The van der Waals surface area contributed by atoms with Crippen LogP contribution in [-0.4, -0.2) is 29.5 Å². The van der Waals surface area contributed by atoms with Crippen molar-refractivity contribution in [2.45, 2.75) is 6.92 Å². The van der Waals surface area contributed by atoms with Crippen molar-refractivity contribution in [2.75, 3.05) is 23.8 Å². The van der Waals surface area contributed by atoms with E-state index in [1.54, 1.807) is 17.5 Å². The molecule has 1 aromatic carbocycles. The summed E-state index contributed by atoms with van der Waals surface area (Å²) in [4.78, 5) is 22.6. The van der Waals surface area contributed by atoms with Gasteiger partial charge in [0.2, 0.25) is 5.91 Å². The molecule has 0 fully saturated rings. The molecule has 2 heterocycles. The van der Waals surface area contributed by atoms with E-state index in [0.29, 0.717) is 5.82 Å². The fourth-order valence-corrected chi connectivity index (χ4v) is 3.02. The lowest BCUT2D eigenvalue weighted by Gasteiger charge is -2.14. The van der Waals surface area contributed by atoms with Crippen molar-refractivity contribution >= 4 is 38.4 Å². The number of aromatic nitrogens is 2. The van der Waals surface area contributed by atoms with Crippen LogP contribution >= 0.6 is 11.3 Å². The molecule has 2 aromatic heterocycles. The lowest BCUT2D eigenvalue weighted by molar-refractivity contribution is -0.114. The Labute approximate surface area is 132 Å². The van der Waals surface area contributed by atoms with Crippen LogP contribution in [0.15, 0.2) is 42.6 Å². The summed E-state index contributed by atoms with van der Waals surface area (Å²) in [6.07, 6.45) is 1.68. The van der Waals surface area contributed by atoms with Crippen molar-refractivity contribution in [3.63, 3.8) is 0 Å². The third kappa shape index (κ3) is 3.23. The predicted octanol–water partition coefficient (Wildman–Crippen LogP) is 3.07. The molecule has 112 valence electrons. The second-order valence-corrected chi connectivity index (χ2v) is 6.10. The van der Waals surface area contributed by atoms with Crippen molar-refractivity contribution in [3.05, 3.63) is 48.2 Å². The van der Waals surface area contributed by atoms with Gasteiger partial charge < -0.3 is 10.2 Å². The van der Waals surface area contributed by atoms with Gasteiger partial charge in [-0.25, -0.2) is 9.97 Å². The molecule has 0 radical (unpaired) electrons. The average Bonchev–Trinajstić information content (AvgIpc) is 2.91. The number of hydrogen-bond donors (Lipinski definition) is 1. The highest BCUT2D eigenvalue weighted by Gasteiger charge is 2.12. The lowest BCUT2D eigenvalue weighted by atomic mass is 10.3. The number of nitrogens with one attached hydrogen (secondary N) is 1. The van der Waals surface area contributed by atoms with Gasteiger partial charge in [-0.3, -0.25) is 4.79 Å². The van der Waals surface area contributed by atoms with Crippen LogP contribution in [0.25, 0.3) is 10.2 Å². The molecule has 0 saturated heterocycles. The predicted molar refractivity (Wildman–Crippen MR) is 90.5 cm³/mol. The quantitative estimate of drug-likeness (QED) is 0.804. The summed E-state index contributed by atoms with van der Waals surface area (Å²) in [5.74, 6) is 0.461. The number of aryl methyl sites for hydroxylation is 1. The van der Waals surface area contributed by atoms with Gasteiger partial charge in [0, 0.05) is 13.2 Å². The molecule has 5 nitrogen and oxygen atoms in total. The Balaban J connectivity index is 1.68. The van der Waals surface area contributed by atoms with E-state index < -0.39 is 0 Å². The molecule has 3 rings (SSSR count). The summed E-state index contributed by atoms with van der Waals surface area (Å²) >= 11 is 1.58. The number of fused-ring (bicyclic) bond motifs is 1. The van der Waals surface area contributed by atoms with E-state index in [2.05, 4.69) is 15.3 Å². The van der Waals surface area contributed by atoms with Crippen LogP contribution in [-0.2, 0) is 4.79 Å². The molecule has 6 heteroatoms. The molecule has 22 heavy (non-hydrogen) atoms. The number of rotatable bonds is 4. The Bertz CT molecular complexity index is 782. The van der Waals surface area contributed by atoms with Crippen LogP contribution in [0, 0.1) is 6.92 Å². The monoisotopic (exact) mass is 312 g/mol. The number of carbonyl (C=O) groups is 1. The minimum Gasteiger partial charge on any atom is -0.342 e. The maximum atomic E-state index is 12.1. The third-order valence-electron chi connectivity index (χ3n) is 3.17. The van der Waals surface area contributed by atoms with E-state index in [9.17, 15) is 4.79 Å². The standard InChI is InChI=1S/C16H16N4OS/c1-11-7-8-17-14(9-11)19-15(21)10-20(2)16-18-12-5-3-4-6-13(12)22-16/h3-9H,10H2,1-2H3,(H,17,19,21). The first-order valence-electron chi connectivity index (χ1n) is 6.91. The number of thiazole rings is 1. The van der Waals surface area contributed by atoms with Gasteiger partial charge in [-0.1, -0.05) is 23.5 Å². The number of likely N-dealkylation sites (N-methyl/N-ethyl adjacent to an activating group) is 1. The maximum Gasteiger partial charge on any atom is 0.245 e. The fourth-order valence-electron chi connectivity index (χ4n) is 2.09. The van der Waals surface area contributed by atoms with Gasteiger partial charge in [0.05, 0.1) is 16.8 Å². The van der Waals surface area contributed by atoms with Crippen LogP contribution in [0.1, 0.15) is 5.56 Å². The Morgan fingerprint density at radius 2 is 2.14 bits per heavy atom. The minimum absolute atomic E-state index is 0.111. The summed E-state index contributed by atoms with van der Waals surface area (Å²) in [7, 11) is 1.86. The Morgan fingerprint density at radius 1 is 1.32 bits per heavy atom. The summed E-state index contributed by atoms with van der Waals surface area (Å²) < 4.78 is 1.12. The largest absolute Gasteiger partial charge is 0.342 e. The van der Waals surface area contributed by atoms with Gasteiger partial charge in [-0.05, 0) is 36.8 Å². The second-order valence-electron chi connectivity index (χ2n) is 5.09. The molecule has 0 saturated carbocycles. The number of pyridine rings is 1. The summed E-state index contributed by atoms with van der Waals surface area (Å²) in [6, 6.07) is 11.7. The number of para-hydroxylation sites is 1. The van der Waals surface area contributed by atoms with Crippen LogP contribution in [0.4, 0.5) is 10.9 Å². The van der Waals surface area contributed by atoms with Crippen molar-refractivity contribution in [1.29, 1.82) is 0 Å². The van der Waals surface area contributed by atoms with Gasteiger partial charge >= 0.3 is 0 Å². The van der Waals surface area contributed by atoms with Crippen molar-refractivity contribution in [3.8, 4) is 0 Å². The molecular weight excluding hydrogens is 296 g/mol. The van der Waals surface area contributed by atoms with Gasteiger partial charge in [-0.15, -0.1) is 0 Å². The molecule has 0 unspecified atom stereocenters. The number of amides is 1. The van der Waals surface area contributed by atoms with Crippen molar-refractivity contribution in [2.24, 2.45) is 0 Å². The maximum absolute atomic E-state index is 12.1. The third-order valence-corrected chi connectivity index (χ3v) is 4.32. The highest BCUT2D eigenvalue weighted by molar-refractivity contribution is 7.22. The molecule has 3 aromatic rings. The highest BCUT2D eigenvalue weighted by atomic mass is 32.1. The summed E-state index contributed by atoms with van der Waals surface area (Å²) in [5.41, 5.74) is 2.01. The first-order valence-corrected chi connectivity index (χ1v) is 7.73. The molecule has 0 spiro atoms. The Hall–Kier alpha value is -2.47. The van der Waals surface area contributed by atoms with Gasteiger partial charge in [0.15, 0.2) is 5.13 Å². The SMILES string of the molecule is Cc1ccnc(NC(=O)CN(C)c2nc3ccccc3s2)c1. The molecule has 1 amide bonds. The van der Waals surface area contributed by atoms with Gasteiger partial charge in [-0.2, -0.15) is 0 Å². The number of carbonyl (C=O) groups excluding carboxylic acids is 1. The molecule has 0 aliphatic heterocycles. The van der Waals surface area contributed by atoms with Crippen LogP contribution < -0.4 is 10.2 Å². The van der Waals surface area contributed by atoms with Gasteiger partial charge in [0.25, 0.3) is 0 Å². The molecule has 0 aliphatic rings. The molecule has 0 bridgehead atoms. The van der Waals surface area contributed by atoms with Crippen LogP contribution in [0.5, 0.6) is 0 Å². The first-order chi connectivity index (χ1) is 10.6. The number of anilines is 2. The summed E-state index contributed by atoms with van der Waals surface area (Å²) in [5, 5.41) is 3.63. The lowest BCUT2D eigenvalue weighted by Crippen LogP contribution is -2.30. The van der Waals surface area contributed by atoms with E-state index in [-0.39, 0.29) is 12.5 Å². The Kier molecular flexibility index (Phi) is 4.02. The smallest absolute Gasteiger partial charge is 0.245 e. The highest BCUT2D eigenvalue weighted by Crippen LogP contribution is 2.27. The molecule has 0 aliphatic carbocycles. The van der Waals surface area contributed by atoms with Crippen molar-refractivity contribution in [1.82, 2.24) is 9.97 Å². The average molecular weight is 312 g/mol. The topological polar surface area (TPSA) is 58.1 Å². The van der Waals surface area contributed by atoms with E-state index in [1.807, 2.05) is 55.3 Å². The zero-order valence-electron chi connectivity index (χ0n) is 12.4. The zero-order valence-corrected chi connectivity index (χ0v) is 13.2. The van der Waals surface area contributed by atoms with E-state index in [1.165, 1.54) is 0 Å². The second kappa shape index (κ2) is 6.11. The number of nitrogens with zero attached hydrogens (tertiary/aromatic N) is 3. The van der Waals surface area contributed by atoms with Crippen LogP contribution in [0.3, 0.4) is 0 Å². The first kappa shape index (κ1) is 14.5. The Morgan fingerprint density at radius 3 is 2.91 bits per heavy atom. The van der Waals surface area contributed by atoms with E-state index in [4.69, 9.17) is 0 Å². The normalized spacial score (nSPS) is 10.6. The molecular formula is C16H16N4OS. The number of hydrogen-bond acceptors (Lipinski definition) is 5. The van der Waals surface area contributed by atoms with Crippen molar-refractivity contribution < 1.29 is 4.79 Å². The molecule has 1 N–H and O–H groups in total. The number of benzene rings is 1. The summed E-state index contributed by atoms with van der Waals surface area (Å²) in [6.45, 7) is 2.19. The fraction of sp³-hybridized carbons (Fsp3) is 0.188. The van der Waals surface area contributed by atoms with Gasteiger partial charge in [0.1, 0.15) is 5.82 Å². The van der Waals surface area contributed by atoms with E-state index >= 15 is 0 Å². The molecule has 0 atom stereocenters. The van der Waals surface area contributed by atoms with Crippen LogP contribution in [0.2, 0.25) is 0 Å². The van der Waals surface area contributed by atoms with E-state index in [0.717, 1.165) is 20.9 Å².